The lowest BCUT2D eigenvalue weighted by Crippen LogP contribution is -2.58. The van der Waals surface area contributed by atoms with E-state index in [2.05, 4.69) is 4.98 Å². The van der Waals surface area contributed by atoms with Gasteiger partial charge in [0.25, 0.3) is 0 Å². The van der Waals surface area contributed by atoms with Crippen LogP contribution in [0.2, 0.25) is 5.15 Å². The van der Waals surface area contributed by atoms with Crippen molar-refractivity contribution in [2.45, 2.75) is 58.2 Å². The third kappa shape index (κ3) is 3.82. The summed E-state index contributed by atoms with van der Waals surface area (Å²) in [5.41, 5.74) is -0.509. The molecule has 148 valence electrons. The molecule has 0 radical (unpaired) electrons. The summed E-state index contributed by atoms with van der Waals surface area (Å²) in [6, 6.07) is 8.78. The molecule has 1 saturated heterocycles. The van der Waals surface area contributed by atoms with Gasteiger partial charge < -0.3 is 9.47 Å². The van der Waals surface area contributed by atoms with E-state index in [1.807, 2.05) is 19.1 Å². The Kier molecular flexibility index (Phi) is 5.34. The fraction of sp³-hybridized carbons (Fsp3) is 0.409. The highest BCUT2D eigenvalue weighted by Crippen LogP contribution is 2.40. The molecule has 1 fully saturated rings. The van der Waals surface area contributed by atoms with Gasteiger partial charge in [0.2, 0.25) is 0 Å². The zero-order valence-electron chi connectivity index (χ0n) is 16.7. The summed E-state index contributed by atoms with van der Waals surface area (Å²) < 4.78 is 11.7. The molecule has 2 heterocycles. The van der Waals surface area contributed by atoms with Crippen molar-refractivity contribution in [1.29, 1.82) is 0 Å². The van der Waals surface area contributed by atoms with E-state index in [-0.39, 0.29) is 11.6 Å². The number of ether oxygens (including phenoxy) is 2. The molecular formula is C22H24ClNO4. The van der Waals surface area contributed by atoms with E-state index >= 15 is 0 Å². The quantitative estimate of drug-likeness (QED) is 0.538. The molecule has 6 heteroatoms. The number of ketones is 2. The van der Waals surface area contributed by atoms with E-state index in [0.29, 0.717) is 28.6 Å². The van der Waals surface area contributed by atoms with Crippen molar-refractivity contribution < 1.29 is 19.1 Å². The molecule has 0 N–H and O–H groups in total. The Morgan fingerprint density at radius 3 is 2.21 bits per heavy atom. The number of pyridine rings is 1. The Bertz CT molecular complexity index is 910. The van der Waals surface area contributed by atoms with Crippen LogP contribution in [0.25, 0.3) is 0 Å². The van der Waals surface area contributed by atoms with Gasteiger partial charge in [0, 0.05) is 12.3 Å². The van der Waals surface area contributed by atoms with E-state index < -0.39 is 17.1 Å². The van der Waals surface area contributed by atoms with Crippen molar-refractivity contribution in [1.82, 2.24) is 4.98 Å². The third-order valence-electron chi connectivity index (χ3n) is 4.96. The molecule has 0 aliphatic carbocycles. The molecule has 5 nitrogen and oxygen atoms in total. The predicted molar refractivity (Wildman–Crippen MR) is 107 cm³/mol. The average molecular weight is 402 g/mol. The van der Waals surface area contributed by atoms with Crippen LogP contribution in [-0.4, -0.2) is 27.8 Å². The van der Waals surface area contributed by atoms with Crippen LogP contribution in [0.3, 0.4) is 0 Å². The fourth-order valence-corrected chi connectivity index (χ4v) is 3.81. The summed E-state index contributed by atoms with van der Waals surface area (Å²) in [5, 5.41) is 0.321. The zero-order chi connectivity index (χ0) is 20.7. The molecule has 0 saturated carbocycles. The largest absolute Gasteiger partial charge is 0.457 e. The number of carbonyl (C=O) groups is 2. The molecule has 1 aromatic carbocycles. The first-order valence-corrected chi connectivity index (χ1v) is 9.64. The number of aryl methyl sites for hydroxylation is 1. The Balaban J connectivity index is 2.06. The van der Waals surface area contributed by atoms with Crippen LogP contribution in [-0.2, 0) is 20.7 Å². The van der Waals surface area contributed by atoms with Crippen LogP contribution in [0.5, 0.6) is 11.5 Å². The van der Waals surface area contributed by atoms with Crippen LogP contribution in [0.4, 0.5) is 0 Å². The van der Waals surface area contributed by atoms with Crippen molar-refractivity contribution in [3.05, 3.63) is 52.8 Å². The topological polar surface area (TPSA) is 65.5 Å². The molecule has 0 amide bonds. The van der Waals surface area contributed by atoms with E-state index in [1.165, 1.54) is 0 Å². The number of hydrogen-bond acceptors (Lipinski definition) is 5. The van der Waals surface area contributed by atoms with Crippen molar-refractivity contribution in [2.75, 3.05) is 0 Å². The second-order valence-corrected chi connectivity index (χ2v) is 8.30. The predicted octanol–water partition coefficient (Wildman–Crippen LogP) is 4.90. The maximum absolute atomic E-state index is 13.1. The summed E-state index contributed by atoms with van der Waals surface area (Å²) in [7, 11) is 0. The first-order chi connectivity index (χ1) is 13.0. The second-order valence-electron chi connectivity index (χ2n) is 7.91. The lowest BCUT2D eigenvalue weighted by atomic mass is 9.73. The number of nitrogens with zero attached hydrogens (tertiary/aromatic N) is 1. The normalized spacial score (nSPS) is 18.9. The highest BCUT2D eigenvalue weighted by molar-refractivity contribution is 6.29. The van der Waals surface area contributed by atoms with Crippen molar-refractivity contribution in [3.8, 4) is 11.5 Å². The Morgan fingerprint density at radius 2 is 1.64 bits per heavy atom. The summed E-state index contributed by atoms with van der Waals surface area (Å²) in [4.78, 5) is 30.2. The van der Waals surface area contributed by atoms with Gasteiger partial charge in [-0.2, -0.15) is 0 Å². The van der Waals surface area contributed by atoms with Gasteiger partial charge >= 0.3 is 0 Å². The maximum atomic E-state index is 13.1. The van der Waals surface area contributed by atoms with Crippen LogP contribution in [0.1, 0.15) is 51.7 Å². The number of Topliss-reactive ketones (excluding diaryl/α,β-unsaturated/α-hetero) is 2. The molecule has 28 heavy (non-hydrogen) atoms. The smallest absolute Gasteiger partial charge is 0.179 e. The first kappa shape index (κ1) is 20.5. The van der Waals surface area contributed by atoms with E-state index in [0.717, 1.165) is 5.56 Å². The number of benzene rings is 1. The summed E-state index contributed by atoms with van der Waals surface area (Å²) in [6.07, 6.45) is 2.24. The maximum Gasteiger partial charge on any atom is 0.179 e. The van der Waals surface area contributed by atoms with E-state index in [9.17, 15) is 9.59 Å². The van der Waals surface area contributed by atoms with Gasteiger partial charge in [-0.25, -0.2) is 4.98 Å². The molecule has 2 aromatic rings. The Labute approximate surface area is 170 Å². The summed E-state index contributed by atoms with van der Waals surface area (Å²) in [5.74, 6) is -0.317. The van der Waals surface area contributed by atoms with Crippen LogP contribution >= 0.6 is 11.6 Å². The number of carbonyl (C=O) groups excluding carboxylic acids is 2. The summed E-state index contributed by atoms with van der Waals surface area (Å²) >= 11 is 5.92. The van der Waals surface area contributed by atoms with Gasteiger partial charge in [0.1, 0.15) is 33.8 Å². The lowest BCUT2D eigenvalue weighted by Gasteiger charge is -2.43. The third-order valence-corrected chi connectivity index (χ3v) is 5.17. The first-order valence-electron chi connectivity index (χ1n) is 9.26. The Morgan fingerprint density at radius 1 is 1.04 bits per heavy atom. The van der Waals surface area contributed by atoms with Gasteiger partial charge in [0.15, 0.2) is 11.6 Å². The van der Waals surface area contributed by atoms with Gasteiger partial charge in [-0.3, -0.25) is 9.59 Å². The minimum Gasteiger partial charge on any atom is -0.457 e. The number of rotatable bonds is 4. The Hall–Kier alpha value is -2.24. The number of hydrogen-bond donors (Lipinski definition) is 0. The number of halogens is 1. The molecule has 1 aromatic heterocycles. The molecule has 3 rings (SSSR count). The van der Waals surface area contributed by atoms with Crippen molar-refractivity contribution in [2.24, 2.45) is 0 Å². The minimum absolute atomic E-state index is 0.240. The van der Waals surface area contributed by atoms with Crippen molar-refractivity contribution >= 4 is 23.2 Å². The van der Waals surface area contributed by atoms with Gasteiger partial charge in [0.05, 0.1) is 0 Å². The molecule has 0 atom stereocenters. The van der Waals surface area contributed by atoms with Gasteiger partial charge in [-0.1, -0.05) is 24.6 Å². The molecule has 0 spiro atoms. The van der Waals surface area contributed by atoms with E-state index in [4.69, 9.17) is 21.1 Å². The molecule has 1 aliphatic rings. The standard InChI is InChI=1S/C22H24ClNO4/c1-6-13-7-8-14(27-15-9-10-24-17(23)12-15)11-16(13)18-19(25)21(2,3)28-22(4,5)20(18)26/h7-12,18H,6H2,1-5H3. The van der Waals surface area contributed by atoms with Crippen molar-refractivity contribution in [3.63, 3.8) is 0 Å². The van der Waals surface area contributed by atoms with Gasteiger partial charge in [-0.15, -0.1) is 0 Å². The SMILES string of the molecule is CCc1ccc(Oc2ccnc(Cl)c2)cc1C1C(=O)C(C)(C)OC(C)(C)C1=O. The number of aromatic nitrogens is 1. The highest BCUT2D eigenvalue weighted by atomic mass is 35.5. The second kappa shape index (κ2) is 7.30. The van der Waals surface area contributed by atoms with Crippen LogP contribution in [0.15, 0.2) is 36.5 Å². The molecule has 0 unspecified atom stereocenters. The van der Waals surface area contributed by atoms with Gasteiger partial charge in [-0.05, 0) is 63.4 Å². The highest BCUT2D eigenvalue weighted by Gasteiger charge is 2.53. The molecular weight excluding hydrogens is 378 g/mol. The van der Waals surface area contributed by atoms with E-state index in [1.54, 1.807) is 52.1 Å². The monoisotopic (exact) mass is 401 g/mol. The average Bonchev–Trinajstić information content (AvgIpc) is 2.60. The molecule has 0 bridgehead atoms. The van der Waals surface area contributed by atoms with Crippen LogP contribution < -0.4 is 4.74 Å². The zero-order valence-corrected chi connectivity index (χ0v) is 17.5. The minimum atomic E-state index is -1.05. The summed E-state index contributed by atoms with van der Waals surface area (Å²) in [6.45, 7) is 8.83. The fourth-order valence-electron chi connectivity index (χ4n) is 3.65. The molecule has 1 aliphatic heterocycles. The van der Waals surface area contributed by atoms with Crippen LogP contribution in [0, 0.1) is 0 Å². The lowest BCUT2D eigenvalue weighted by molar-refractivity contribution is -0.184.